The van der Waals surface area contributed by atoms with Gasteiger partial charge in [-0.05, 0) is 61.9 Å². The maximum Gasteiger partial charge on any atom is 0.263 e. The number of benzene rings is 2. The van der Waals surface area contributed by atoms with E-state index >= 15 is 0 Å². The van der Waals surface area contributed by atoms with E-state index in [1.54, 1.807) is 0 Å². The predicted octanol–water partition coefficient (Wildman–Crippen LogP) is 4.29. The summed E-state index contributed by atoms with van der Waals surface area (Å²) < 4.78 is 11.5. The molecule has 0 spiro atoms. The number of nitrogens with zero attached hydrogens (tertiary/aromatic N) is 2. The normalized spacial score (nSPS) is 21.5. The Morgan fingerprint density at radius 2 is 1.80 bits per heavy atom. The Morgan fingerprint density at radius 1 is 1.03 bits per heavy atom. The number of morpholine rings is 1. The third kappa shape index (κ3) is 5.08. The van der Waals surface area contributed by atoms with Gasteiger partial charge in [0, 0.05) is 25.6 Å². The van der Waals surface area contributed by atoms with Gasteiger partial charge in [-0.1, -0.05) is 48.7 Å². The molecule has 1 saturated heterocycles. The van der Waals surface area contributed by atoms with Crippen LogP contribution in [0.1, 0.15) is 60.9 Å². The third-order valence-corrected chi connectivity index (χ3v) is 7.67. The monoisotopic (exact) mass is 476 g/mol. The Morgan fingerprint density at radius 3 is 2.54 bits per heavy atom. The van der Waals surface area contributed by atoms with E-state index < -0.39 is 6.10 Å². The number of fused-ring (bicyclic) bond motifs is 1. The fraction of sp³-hybridized carbons (Fsp3) is 0.517. The van der Waals surface area contributed by atoms with E-state index in [9.17, 15) is 9.59 Å². The van der Waals surface area contributed by atoms with Crippen molar-refractivity contribution < 1.29 is 19.1 Å². The number of hydrogen-bond acceptors (Lipinski definition) is 4. The first-order chi connectivity index (χ1) is 17.0. The van der Waals surface area contributed by atoms with Gasteiger partial charge in [0.25, 0.3) is 5.91 Å². The Balaban J connectivity index is 1.44. The van der Waals surface area contributed by atoms with E-state index in [2.05, 4.69) is 48.2 Å². The topological polar surface area (TPSA) is 59.1 Å². The summed E-state index contributed by atoms with van der Waals surface area (Å²) in [6.45, 7) is 6.97. The van der Waals surface area contributed by atoms with Crippen LogP contribution in [0.15, 0.2) is 42.5 Å². The minimum atomic E-state index is -0.580. The van der Waals surface area contributed by atoms with Crippen molar-refractivity contribution in [2.24, 2.45) is 5.92 Å². The average molecular weight is 477 g/mol. The van der Waals surface area contributed by atoms with Gasteiger partial charge in [-0.3, -0.25) is 9.59 Å². The second-order valence-corrected chi connectivity index (χ2v) is 10.1. The van der Waals surface area contributed by atoms with E-state index in [0.717, 1.165) is 49.8 Å². The van der Waals surface area contributed by atoms with Crippen LogP contribution in [-0.4, -0.2) is 60.6 Å². The fourth-order valence-electron chi connectivity index (χ4n) is 5.81. The zero-order valence-corrected chi connectivity index (χ0v) is 20.9. The van der Waals surface area contributed by atoms with Crippen LogP contribution < -0.4 is 4.74 Å². The van der Waals surface area contributed by atoms with Gasteiger partial charge in [-0.25, -0.2) is 0 Å². The highest BCUT2D eigenvalue weighted by atomic mass is 16.5. The molecule has 5 rings (SSSR count). The van der Waals surface area contributed by atoms with Crippen LogP contribution in [0.2, 0.25) is 0 Å². The standard InChI is InChI=1S/C29H36N2O4/c1-20-6-5-9-24(18-20)27-26-19-25(35-21(2)28(32)30-14-16-34-17-15-30)11-10-22(26)12-13-31(27)29(33)23-7-3-4-8-23/h5-6,9-11,18-19,21,23,27H,3-4,7-8,12-17H2,1-2H3/t21-,27-/m0/s1. The van der Waals surface area contributed by atoms with E-state index in [1.165, 1.54) is 11.1 Å². The molecule has 6 heteroatoms. The van der Waals surface area contributed by atoms with Gasteiger partial charge in [0.15, 0.2) is 6.10 Å². The van der Waals surface area contributed by atoms with Crippen molar-refractivity contribution in [1.82, 2.24) is 9.80 Å². The maximum atomic E-state index is 13.6. The second-order valence-electron chi connectivity index (χ2n) is 10.1. The van der Waals surface area contributed by atoms with Gasteiger partial charge in [0.1, 0.15) is 5.75 Å². The molecule has 0 N–H and O–H groups in total. The molecule has 186 valence electrons. The largest absolute Gasteiger partial charge is 0.481 e. The summed E-state index contributed by atoms with van der Waals surface area (Å²) in [7, 11) is 0. The van der Waals surface area contributed by atoms with Crippen LogP contribution in [0.5, 0.6) is 5.75 Å². The van der Waals surface area contributed by atoms with Crippen molar-refractivity contribution in [2.75, 3.05) is 32.8 Å². The van der Waals surface area contributed by atoms with Crippen LogP contribution in [0, 0.1) is 12.8 Å². The van der Waals surface area contributed by atoms with Gasteiger partial charge in [-0.2, -0.15) is 0 Å². The molecule has 2 aliphatic heterocycles. The summed E-state index contributed by atoms with van der Waals surface area (Å²) in [4.78, 5) is 30.4. The molecule has 2 atom stereocenters. The Kier molecular flexibility index (Phi) is 7.09. The lowest BCUT2D eigenvalue weighted by molar-refractivity contribution is -0.142. The Labute approximate surface area is 208 Å². The summed E-state index contributed by atoms with van der Waals surface area (Å²) in [5.74, 6) is 1.07. The van der Waals surface area contributed by atoms with E-state index in [1.807, 2.05) is 17.9 Å². The average Bonchev–Trinajstić information content (AvgIpc) is 3.43. The molecule has 2 heterocycles. The molecule has 1 saturated carbocycles. The minimum absolute atomic E-state index is 0.0145. The van der Waals surface area contributed by atoms with Gasteiger partial charge in [-0.15, -0.1) is 0 Å². The van der Waals surface area contributed by atoms with Crippen molar-refractivity contribution >= 4 is 11.8 Å². The molecular formula is C29H36N2O4. The lowest BCUT2D eigenvalue weighted by Gasteiger charge is -2.39. The van der Waals surface area contributed by atoms with Crippen LogP contribution in [-0.2, 0) is 20.7 Å². The Hall–Kier alpha value is -2.86. The molecule has 6 nitrogen and oxygen atoms in total. The first-order valence-corrected chi connectivity index (χ1v) is 13.0. The first kappa shape index (κ1) is 23.9. The lowest BCUT2D eigenvalue weighted by Crippen LogP contribution is -2.46. The predicted molar refractivity (Wildman–Crippen MR) is 134 cm³/mol. The number of carbonyl (C=O) groups excluding carboxylic acids is 2. The highest BCUT2D eigenvalue weighted by molar-refractivity contribution is 5.81. The molecule has 2 amide bonds. The number of amides is 2. The molecule has 0 radical (unpaired) electrons. The van der Waals surface area contributed by atoms with Crippen molar-refractivity contribution in [2.45, 2.75) is 58.1 Å². The first-order valence-electron chi connectivity index (χ1n) is 13.0. The zero-order valence-electron chi connectivity index (χ0n) is 20.9. The highest BCUT2D eigenvalue weighted by Crippen LogP contribution is 2.40. The summed E-state index contributed by atoms with van der Waals surface area (Å²) in [5, 5.41) is 0. The van der Waals surface area contributed by atoms with E-state index in [-0.39, 0.29) is 23.8 Å². The van der Waals surface area contributed by atoms with Gasteiger partial charge < -0.3 is 19.3 Å². The molecule has 2 aromatic carbocycles. The summed E-state index contributed by atoms with van der Waals surface area (Å²) >= 11 is 0. The van der Waals surface area contributed by atoms with Crippen LogP contribution in [0.3, 0.4) is 0 Å². The molecule has 0 bridgehead atoms. The van der Waals surface area contributed by atoms with Gasteiger partial charge in [0.05, 0.1) is 19.3 Å². The maximum absolute atomic E-state index is 13.6. The van der Waals surface area contributed by atoms with E-state index in [0.29, 0.717) is 32.1 Å². The third-order valence-electron chi connectivity index (χ3n) is 7.67. The number of carbonyl (C=O) groups is 2. The number of ether oxygens (including phenoxy) is 2. The van der Waals surface area contributed by atoms with Crippen molar-refractivity contribution in [3.8, 4) is 5.75 Å². The van der Waals surface area contributed by atoms with Crippen LogP contribution >= 0.6 is 0 Å². The summed E-state index contributed by atoms with van der Waals surface area (Å²) in [5.41, 5.74) is 4.66. The van der Waals surface area contributed by atoms with Gasteiger partial charge >= 0.3 is 0 Å². The molecule has 3 aliphatic rings. The van der Waals surface area contributed by atoms with Crippen LogP contribution in [0.4, 0.5) is 0 Å². The van der Waals surface area contributed by atoms with Crippen molar-refractivity contribution in [1.29, 1.82) is 0 Å². The Bertz CT molecular complexity index is 1070. The molecular weight excluding hydrogens is 440 g/mol. The molecule has 1 aliphatic carbocycles. The number of hydrogen-bond donors (Lipinski definition) is 0. The van der Waals surface area contributed by atoms with Crippen molar-refractivity contribution in [3.05, 3.63) is 64.7 Å². The molecule has 0 unspecified atom stereocenters. The quantitative estimate of drug-likeness (QED) is 0.646. The zero-order chi connectivity index (χ0) is 24.4. The second kappa shape index (κ2) is 10.4. The van der Waals surface area contributed by atoms with Crippen molar-refractivity contribution in [3.63, 3.8) is 0 Å². The highest BCUT2D eigenvalue weighted by Gasteiger charge is 2.36. The van der Waals surface area contributed by atoms with Crippen LogP contribution in [0.25, 0.3) is 0 Å². The molecule has 0 aromatic heterocycles. The molecule has 2 fully saturated rings. The van der Waals surface area contributed by atoms with E-state index in [4.69, 9.17) is 9.47 Å². The summed E-state index contributed by atoms with van der Waals surface area (Å²) in [6, 6.07) is 14.5. The number of aryl methyl sites for hydroxylation is 1. The SMILES string of the molecule is Cc1cccc([C@H]2c3cc(O[C@@H](C)C(=O)N4CCOCC4)ccc3CCN2C(=O)C2CCCC2)c1. The molecule has 2 aromatic rings. The summed E-state index contributed by atoms with van der Waals surface area (Å²) in [6.07, 6.45) is 4.52. The minimum Gasteiger partial charge on any atom is -0.481 e. The lowest BCUT2D eigenvalue weighted by atomic mass is 9.86. The fourth-order valence-corrected chi connectivity index (χ4v) is 5.81. The number of rotatable bonds is 5. The smallest absolute Gasteiger partial charge is 0.263 e. The molecule has 35 heavy (non-hydrogen) atoms. The van der Waals surface area contributed by atoms with Gasteiger partial charge in [0.2, 0.25) is 5.91 Å².